The van der Waals surface area contributed by atoms with Crippen LogP contribution in [0.3, 0.4) is 0 Å². The first kappa shape index (κ1) is 13.9. The Morgan fingerprint density at radius 3 is 2.15 bits per heavy atom. The molecule has 1 aromatic heterocycles. The van der Waals surface area contributed by atoms with E-state index in [4.69, 9.17) is 9.31 Å². The lowest BCUT2D eigenvalue weighted by Gasteiger charge is -2.32. The fraction of sp³-hybridized carbons (Fsp3) is 0.643. The summed E-state index contributed by atoms with van der Waals surface area (Å²) in [5, 5.41) is 20.5. The molecule has 0 radical (unpaired) electrons. The van der Waals surface area contributed by atoms with Gasteiger partial charge in [0, 0.05) is 17.2 Å². The van der Waals surface area contributed by atoms with Gasteiger partial charge in [-0.1, -0.05) is 0 Å². The van der Waals surface area contributed by atoms with Gasteiger partial charge in [-0.25, -0.2) is 0 Å². The summed E-state index contributed by atoms with van der Waals surface area (Å²) < 4.78 is 11.9. The predicted molar refractivity (Wildman–Crippen MR) is 74.7 cm³/mol. The van der Waals surface area contributed by atoms with Gasteiger partial charge in [-0.15, -0.1) is 0 Å². The molecule has 1 aliphatic carbocycles. The van der Waals surface area contributed by atoms with Crippen LogP contribution in [0.25, 0.3) is 0 Å². The maximum atomic E-state index is 10.4. The molecule has 1 aliphatic heterocycles. The van der Waals surface area contributed by atoms with Gasteiger partial charge >= 0.3 is 7.12 Å². The summed E-state index contributed by atoms with van der Waals surface area (Å²) in [6.07, 6.45) is 4.29. The van der Waals surface area contributed by atoms with E-state index in [1.165, 1.54) is 6.20 Å². The number of hydrogen-bond donors (Lipinski definition) is 2. The van der Waals surface area contributed by atoms with E-state index in [9.17, 15) is 10.2 Å². The van der Waals surface area contributed by atoms with Crippen LogP contribution in [0.1, 0.15) is 46.1 Å². The summed E-state index contributed by atoms with van der Waals surface area (Å²) in [6, 6.07) is 0. The van der Waals surface area contributed by atoms with Crippen molar-refractivity contribution in [3.8, 4) is 5.75 Å². The van der Waals surface area contributed by atoms with Gasteiger partial charge in [0.15, 0.2) is 0 Å². The molecule has 0 aromatic carbocycles. The van der Waals surface area contributed by atoms with Crippen LogP contribution in [0.15, 0.2) is 12.4 Å². The molecule has 1 saturated carbocycles. The van der Waals surface area contributed by atoms with E-state index in [1.54, 1.807) is 6.20 Å². The van der Waals surface area contributed by atoms with E-state index in [-0.39, 0.29) is 5.75 Å². The Kier molecular flexibility index (Phi) is 2.75. The first-order chi connectivity index (χ1) is 9.16. The fourth-order valence-electron chi connectivity index (χ4n) is 2.43. The number of aromatic nitrogens is 1. The van der Waals surface area contributed by atoms with Crippen molar-refractivity contribution in [3.63, 3.8) is 0 Å². The third-order valence-corrected chi connectivity index (χ3v) is 4.68. The van der Waals surface area contributed by atoms with E-state index in [0.717, 1.165) is 0 Å². The number of aromatic hydroxyl groups is 1. The molecule has 0 atom stereocenters. The number of aliphatic hydroxyl groups is 1. The predicted octanol–water partition coefficient (Wildman–Crippen LogP) is 1.07. The van der Waals surface area contributed by atoms with Gasteiger partial charge in [0.2, 0.25) is 0 Å². The molecule has 0 amide bonds. The van der Waals surface area contributed by atoms with Crippen molar-refractivity contribution in [1.82, 2.24) is 4.98 Å². The molecule has 6 heteroatoms. The largest absolute Gasteiger partial charge is 0.507 e. The van der Waals surface area contributed by atoms with Crippen molar-refractivity contribution >= 4 is 12.6 Å². The van der Waals surface area contributed by atoms with Crippen LogP contribution >= 0.6 is 0 Å². The molecular weight excluding hydrogens is 257 g/mol. The zero-order valence-corrected chi connectivity index (χ0v) is 12.3. The highest BCUT2D eigenvalue weighted by atomic mass is 16.7. The standard InChI is InChI=1S/C14H20BNO4/c1-12(2)13(3,4)20-15(19-12)11-9(14(18)5-6-14)7-16-8-10(11)17/h7-8,17-18H,5-6H2,1-4H3. The molecule has 2 aliphatic rings. The summed E-state index contributed by atoms with van der Waals surface area (Å²) in [5.41, 5.74) is -0.771. The molecule has 108 valence electrons. The molecule has 0 spiro atoms. The minimum absolute atomic E-state index is 0.00123. The van der Waals surface area contributed by atoms with Crippen LogP contribution < -0.4 is 5.46 Å². The summed E-state index contributed by atoms with van der Waals surface area (Å²) in [4.78, 5) is 3.97. The average Bonchev–Trinajstić information content (AvgIpc) is 3.01. The summed E-state index contributed by atoms with van der Waals surface area (Å²) in [6.45, 7) is 7.82. The summed E-state index contributed by atoms with van der Waals surface area (Å²) in [7, 11) is -0.692. The second-order valence-corrected chi connectivity index (χ2v) is 6.74. The second kappa shape index (κ2) is 3.96. The first-order valence-electron chi connectivity index (χ1n) is 6.92. The van der Waals surface area contributed by atoms with Crippen molar-refractivity contribution in [2.24, 2.45) is 0 Å². The summed E-state index contributed by atoms with van der Waals surface area (Å²) >= 11 is 0. The van der Waals surface area contributed by atoms with Gasteiger partial charge in [-0.05, 0) is 40.5 Å². The van der Waals surface area contributed by atoms with E-state index in [1.807, 2.05) is 27.7 Å². The lowest BCUT2D eigenvalue weighted by Crippen LogP contribution is -2.41. The van der Waals surface area contributed by atoms with E-state index in [2.05, 4.69) is 4.98 Å². The van der Waals surface area contributed by atoms with Gasteiger partial charge in [0.05, 0.1) is 23.0 Å². The van der Waals surface area contributed by atoms with Crippen LogP contribution in [0.4, 0.5) is 0 Å². The minimum Gasteiger partial charge on any atom is -0.507 e. The van der Waals surface area contributed by atoms with E-state index >= 15 is 0 Å². The molecular formula is C14H20BNO4. The first-order valence-corrected chi connectivity index (χ1v) is 6.92. The SMILES string of the molecule is CC1(C)OB(c2c(O)cncc2C2(O)CC2)OC1(C)C. The third kappa shape index (κ3) is 1.94. The average molecular weight is 277 g/mol. The van der Waals surface area contributed by atoms with E-state index < -0.39 is 23.9 Å². The topological polar surface area (TPSA) is 71.8 Å². The van der Waals surface area contributed by atoms with Crippen LogP contribution in [0.2, 0.25) is 0 Å². The lowest BCUT2D eigenvalue weighted by atomic mass is 9.74. The van der Waals surface area contributed by atoms with Crippen molar-refractivity contribution in [2.45, 2.75) is 57.3 Å². The van der Waals surface area contributed by atoms with Crippen LogP contribution in [0.5, 0.6) is 5.75 Å². The maximum absolute atomic E-state index is 10.4. The highest BCUT2D eigenvalue weighted by Crippen LogP contribution is 2.46. The fourth-order valence-corrected chi connectivity index (χ4v) is 2.43. The third-order valence-electron chi connectivity index (χ3n) is 4.68. The lowest BCUT2D eigenvalue weighted by molar-refractivity contribution is 0.00578. The summed E-state index contributed by atoms with van der Waals surface area (Å²) in [5.74, 6) is 0.00123. The molecule has 20 heavy (non-hydrogen) atoms. The molecule has 1 aromatic rings. The minimum atomic E-state index is -0.898. The Balaban J connectivity index is 2.04. The Morgan fingerprint density at radius 2 is 1.65 bits per heavy atom. The number of hydrogen-bond acceptors (Lipinski definition) is 5. The Morgan fingerprint density at radius 1 is 1.10 bits per heavy atom. The number of rotatable bonds is 2. The monoisotopic (exact) mass is 277 g/mol. The molecule has 5 nitrogen and oxygen atoms in total. The Bertz CT molecular complexity index is 538. The van der Waals surface area contributed by atoms with Crippen LogP contribution in [-0.4, -0.2) is 33.5 Å². The quantitative estimate of drug-likeness (QED) is 0.791. The number of nitrogens with zero attached hydrogens (tertiary/aromatic N) is 1. The van der Waals surface area contributed by atoms with Gasteiger partial charge in [0.25, 0.3) is 0 Å². The van der Waals surface area contributed by atoms with Crippen LogP contribution in [-0.2, 0) is 14.9 Å². The Labute approximate surface area is 119 Å². The zero-order valence-electron chi connectivity index (χ0n) is 12.3. The van der Waals surface area contributed by atoms with Crippen molar-refractivity contribution < 1.29 is 19.5 Å². The van der Waals surface area contributed by atoms with Gasteiger partial charge < -0.3 is 19.5 Å². The van der Waals surface area contributed by atoms with Gasteiger partial charge in [0.1, 0.15) is 5.75 Å². The molecule has 0 unspecified atom stereocenters. The molecule has 0 bridgehead atoms. The Hall–Kier alpha value is -1.11. The molecule has 2 N–H and O–H groups in total. The van der Waals surface area contributed by atoms with Crippen molar-refractivity contribution in [3.05, 3.63) is 18.0 Å². The second-order valence-electron chi connectivity index (χ2n) is 6.74. The molecule has 2 fully saturated rings. The zero-order chi connectivity index (χ0) is 14.8. The highest BCUT2D eigenvalue weighted by Gasteiger charge is 2.55. The highest BCUT2D eigenvalue weighted by molar-refractivity contribution is 6.63. The van der Waals surface area contributed by atoms with Crippen molar-refractivity contribution in [1.29, 1.82) is 0 Å². The number of pyridine rings is 1. The molecule has 3 rings (SSSR count). The van der Waals surface area contributed by atoms with Gasteiger partial charge in [-0.2, -0.15) is 0 Å². The van der Waals surface area contributed by atoms with E-state index in [0.29, 0.717) is 23.9 Å². The maximum Gasteiger partial charge on any atom is 0.499 e. The smallest absolute Gasteiger partial charge is 0.499 e. The van der Waals surface area contributed by atoms with Crippen molar-refractivity contribution in [2.75, 3.05) is 0 Å². The van der Waals surface area contributed by atoms with Crippen LogP contribution in [0, 0.1) is 0 Å². The molecule has 2 heterocycles. The van der Waals surface area contributed by atoms with Gasteiger partial charge in [-0.3, -0.25) is 4.98 Å². The molecule has 1 saturated heterocycles. The normalized spacial score (nSPS) is 25.8.